The first kappa shape index (κ1) is 46.0. The van der Waals surface area contributed by atoms with Crippen molar-refractivity contribution in [3.63, 3.8) is 0 Å². The predicted octanol–water partition coefficient (Wildman–Crippen LogP) is 5.22. The fraction of sp³-hybridized carbons (Fsp3) is 0.578. The first-order valence-corrected chi connectivity index (χ1v) is 20.5. The summed E-state index contributed by atoms with van der Waals surface area (Å²) in [6.07, 6.45) is 26.2. The summed E-state index contributed by atoms with van der Waals surface area (Å²) in [6, 6.07) is 18.1. The largest absolute Gasteiger partial charge is 3.00 e. The van der Waals surface area contributed by atoms with Crippen molar-refractivity contribution in [2.75, 3.05) is 0 Å². The zero-order valence-electron chi connectivity index (χ0n) is 31.8. The van der Waals surface area contributed by atoms with Crippen LogP contribution in [0.2, 0.25) is 5.02 Å². The van der Waals surface area contributed by atoms with E-state index < -0.39 is 0 Å². The van der Waals surface area contributed by atoms with Crippen LogP contribution in [0.3, 0.4) is 0 Å². The third kappa shape index (κ3) is 11.4. The summed E-state index contributed by atoms with van der Waals surface area (Å²) >= 11 is 6.91. The van der Waals surface area contributed by atoms with Gasteiger partial charge in [0.05, 0.1) is 34.2 Å². The van der Waals surface area contributed by atoms with Crippen LogP contribution in [0.25, 0.3) is 0 Å². The van der Waals surface area contributed by atoms with Gasteiger partial charge in [0.2, 0.25) is 0 Å². The van der Waals surface area contributed by atoms with E-state index in [-0.39, 0.29) is 54.3 Å². The SMILES string of the molecule is CC(=Nc1c(C2CCCCC2)cccc1C1CCCCC1)c1cc(Cl)cc(C(C)=Nc2c(C3CCCCC3)cccc2C2CCCCC2)n1.[Cl-].[Cl-].[Cl-].[Fe+3]. The summed E-state index contributed by atoms with van der Waals surface area (Å²) < 4.78 is 0. The minimum atomic E-state index is 0. The van der Waals surface area contributed by atoms with Gasteiger partial charge in [-0.2, -0.15) is 0 Å². The van der Waals surface area contributed by atoms with E-state index in [1.807, 2.05) is 12.1 Å². The fourth-order valence-electron chi connectivity index (χ4n) is 9.71. The van der Waals surface area contributed by atoms with Crippen molar-refractivity contribution in [1.82, 2.24) is 4.98 Å². The Morgan fingerprint density at radius 2 is 0.755 bits per heavy atom. The number of aromatic nitrogens is 1. The van der Waals surface area contributed by atoms with E-state index in [1.54, 1.807) is 0 Å². The maximum atomic E-state index is 6.91. The van der Waals surface area contributed by atoms with Crippen LogP contribution >= 0.6 is 11.6 Å². The van der Waals surface area contributed by atoms with Gasteiger partial charge in [0.25, 0.3) is 0 Å². The van der Waals surface area contributed by atoms with Crippen molar-refractivity contribution < 1.29 is 54.3 Å². The quantitative estimate of drug-likeness (QED) is 0.227. The number of nitrogens with zero attached hydrogens (tertiary/aromatic N) is 3. The monoisotopic (exact) mass is 836 g/mol. The molecule has 53 heavy (non-hydrogen) atoms. The Balaban J connectivity index is 0.00000189. The van der Waals surface area contributed by atoms with Crippen LogP contribution in [-0.4, -0.2) is 16.4 Å². The zero-order chi connectivity index (χ0) is 33.6. The summed E-state index contributed by atoms with van der Waals surface area (Å²) in [7, 11) is 0. The summed E-state index contributed by atoms with van der Waals surface area (Å²) in [5.74, 6) is 2.40. The molecule has 0 N–H and O–H groups in total. The second-order valence-electron chi connectivity index (χ2n) is 15.9. The van der Waals surface area contributed by atoms with Crippen molar-refractivity contribution >= 4 is 34.4 Å². The van der Waals surface area contributed by atoms with Gasteiger partial charge in [0.1, 0.15) is 0 Å². The minimum Gasteiger partial charge on any atom is -1.00 e. The third-order valence-electron chi connectivity index (χ3n) is 12.5. The molecule has 0 spiro atoms. The molecule has 3 nitrogen and oxygen atoms in total. The van der Waals surface area contributed by atoms with Gasteiger partial charge >= 0.3 is 17.1 Å². The van der Waals surface area contributed by atoms with Crippen LogP contribution in [0.15, 0.2) is 58.5 Å². The molecule has 1 radical (unpaired) electrons. The molecular formula is C45H58Cl4FeN3. The normalized spacial score (nSPS) is 19.7. The number of para-hydroxylation sites is 2. The molecule has 1 heterocycles. The van der Waals surface area contributed by atoms with Gasteiger partial charge in [-0.1, -0.05) is 125 Å². The summed E-state index contributed by atoms with van der Waals surface area (Å²) in [5, 5.41) is 0.699. The predicted molar refractivity (Wildman–Crippen MR) is 209 cm³/mol. The number of aliphatic imine (C=N–C) groups is 2. The molecule has 8 heteroatoms. The van der Waals surface area contributed by atoms with Gasteiger partial charge in [-0.25, -0.2) is 4.98 Å². The van der Waals surface area contributed by atoms with Gasteiger partial charge in [-0.15, -0.1) is 0 Å². The van der Waals surface area contributed by atoms with E-state index in [0.717, 1.165) is 22.8 Å². The van der Waals surface area contributed by atoms with Gasteiger partial charge in [-0.3, -0.25) is 9.98 Å². The standard InChI is InChI=1S/C45H58ClN3.3ClH.Fe/c1-31(47-44-38(33-17-7-3-8-18-33)25-15-26-39(44)34-19-9-4-10-20-34)42-29-37(46)30-43(49-42)32(2)48-45-40(35-21-11-5-12-22-35)27-16-28-41(45)36-23-13-6-14-24-36;;;;/h15-16,25-30,33-36H,3-14,17-24H2,1-2H3;3*1H;/q;;;;+3/p-3. The fourth-order valence-corrected chi connectivity index (χ4v) is 9.91. The molecular weight excluding hydrogens is 780 g/mol. The summed E-state index contributed by atoms with van der Waals surface area (Å²) in [5.41, 5.74) is 11.9. The molecule has 0 bridgehead atoms. The van der Waals surface area contributed by atoms with Crippen LogP contribution in [0.1, 0.15) is 200 Å². The van der Waals surface area contributed by atoms with Crippen molar-refractivity contribution in [3.8, 4) is 0 Å². The summed E-state index contributed by atoms with van der Waals surface area (Å²) in [6.45, 7) is 4.27. The van der Waals surface area contributed by atoms with Crippen LogP contribution in [0, 0.1) is 0 Å². The van der Waals surface area contributed by atoms with Crippen molar-refractivity contribution in [3.05, 3.63) is 87.2 Å². The second-order valence-corrected chi connectivity index (χ2v) is 16.3. The number of benzene rings is 2. The topological polar surface area (TPSA) is 37.6 Å². The maximum Gasteiger partial charge on any atom is 3.00 e. The molecule has 289 valence electrons. The van der Waals surface area contributed by atoms with Crippen LogP contribution in [0.4, 0.5) is 11.4 Å². The molecule has 7 rings (SSSR count). The molecule has 2 aromatic carbocycles. The first-order chi connectivity index (χ1) is 24.0. The molecule has 0 atom stereocenters. The second kappa shape index (κ2) is 22.4. The molecule has 0 saturated heterocycles. The number of halogens is 4. The average molecular weight is 839 g/mol. The Kier molecular flexibility index (Phi) is 19.4. The molecule has 0 aliphatic heterocycles. The van der Waals surface area contributed by atoms with Crippen LogP contribution in [-0.2, 0) is 17.1 Å². The molecule has 3 aromatic rings. The Labute approximate surface area is 354 Å². The number of rotatable bonds is 8. The van der Waals surface area contributed by atoms with Gasteiger partial charge in [0, 0.05) is 5.02 Å². The Hall–Kier alpha value is -1.39. The van der Waals surface area contributed by atoms with E-state index >= 15 is 0 Å². The Morgan fingerprint density at radius 3 is 1.02 bits per heavy atom. The molecule has 4 fully saturated rings. The van der Waals surface area contributed by atoms with E-state index in [0.29, 0.717) is 28.7 Å². The number of pyridine rings is 1. The molecule has 4 saturated carbocycles. The Bertz CT molecular complexity index is 1460. The Morgan fingerprint density at radius 1 is 0.491 bits per heavy atom. The van der Waals surface area contributed by atoms with Crippen molar-refractivity contribution in [2.45, 2.75) is 166 Å². The van der Waals surface area contributed by atoms with Gasteiger partial charge in [0.15, 0.2) is 0 Å². The molecule has 0 unspecified atom stereocenters. The number of hydrogen-bond acceptors (Lipinski definition) is 3. The smallest absolute Gasteiger partial charge is 1.00 e. The van der Waals surface area contributed by atoms with Crippen molar-refractivity contribution in [1.29, 1.82) is 0 Å². The van der Waals surface area contributed by atoms with E-state index in [1.165, 1.54) is 162 Å². The third-order valence-corrected chi connectivity index (χ3v) is 12.7. The molecule has 0 amide bonds. The zero-order valence-corrected chi connectivity index (χ0v) is 35.9. The van der Waals surface area contributed by atoms with E-state index in [9.17, 15) is 0 Å². The van der Waals surface area contributed by atoms with Gasteiger partial charge in [-0.05, 0) is 123 Å². The minimum absolute atomic E-state index is 0. The summed E-state index contributed by atoms with van der Waals surface area (Å²) in [4.78, 5) is 16.3. The number of hydrogen-bond donors (Lipinski definition) is 0. The molecule has 4 aliphatic carbocycles. The van der Waals surface area contributed by atoms with E-state index in [2.05, 4.69) is 50.2 Å². The molecule has 1 aromatic heterocycles. The van der Waals surface area contributed by atoms with Crippen molar-refractivity contribution in [2.24, 2.45) is 9.98 Å². The molecule has 4 aliphatic rings. The van der Waals surface area contributed by atoms with Crippen LogP contribution < -0.4 is 37.2 Å². The van der Waals surface area contributed by atoms with E-state index in [4.69, 9.17) is 26.6 Å². The van der Waals surface area contributed by atoms with Gasteiger partial charge < -0.3 is 37.2 Å². The average Bonchev–Trinajstić information content (AvgIpc) is 3.16. The van der Waals surface area contributed by atoms with Crippen LogP contribution in [0.5, 0.6) is 0 Å². The maximum absolute atomic E-state index is 6.91. The first-order valence-electron chi connectivity index (χ1n) is 20.1.